The highest BCUT2D eigenvalue weighted by atomic mass is 19.1. The average Bonchev–Trinajstić information content (AvgIpc) is 2.84. The van der Waals surface area contributed by atoms with Gasteiger partial charge in [-0.1, -0.05) is 18.2 Å². The van der Waals surface area contributed by atoms with Crippen LogP contribution >= 0.6 is 0 Å². The fraction of sp³-hybridized carbons (Fsp3) is 0.154. The zero-order valence-corrected chi connectivity index (χ0v) is 19.4. The second-order valence-electron chi connectivity index (χ2n) is 7.79. The van der Waals surface area contributed by atoms with E-state index in [9.17, 15) is 4.39 Å². The molecule has 8 nitrogen and oxygen atoms in total. The largest absolute Gasteiger partial charge is 0.489 e. The molecule has 0 aliphatic rings. The molecule has 35 heavy (non-hydrogen) atoms. The monoisotopic (exact) mass is 472 g/mol. The second-order valence-corrected chi connectivity index (χ2v) is 7.79. The molecule has 0 unspecified atom stereocenters. The predicted molar refractivity (Wildman–Crippen MR) is 136 cm³/mol. The summed E-state index contributed by atoms with van der Waals surface area (Å²) in [5.74, 6) is 1.38. The molecule has 0 fully saturated rings. The Hall–Kier alpha value is -4.37. The summed E-state index contributed by atoms with van der Waals surface area (Å²) in [6.45, 7) is 2.45. The Kier molecular flexibility index (Phi) is 7.59. The van der Waals surface area contributed by atoms with Gasteiger partial charge in [0.1, 0.15) is 42.8 Å². The molecule has 0 aliphatic carbocycles. The molecule has 4 rings (SSSR count). The van der Waals surface area contributed by atoms with Crippen molar-refractivity contribution < 1.29 is 13.9 Å². The van der Waals surface area contributed by atoms with Gasteiger partial charge in [-0.15, -0.1) is 5.10 Å². The molecule has 178 valence electrons. The number of nitrogens with one attached hydrogen (secondary N) is 1. The van der Waals surface area contributed by atoms with Gasteiger partial charge < -0.3 is 20.5 Å². The van der Waals surface area contributed by atoms with Gasteiger partial charge in [0.2, 0.25) is 0 Å². The molecule has 0 atom stereocenters. The fourth-order valence-electron chi connectivity index (χ4n) is 3.41. The number of nitrogens with two attached hydrogens (primary N) is 1. The minimum absolute atomic E-state index is 0.213. The van der Waals surface area contributed by atoms with Crippen molar-refractivity contribution in [1.29, 1.82) is 0 Å². The van der Waals surface area contributed by atoms with E-state index in [1.807, 2.05) is 49.4 Å². The van der Waals surface area contributed by atoms with Gasteiger partial charge in [-0.25, -0.2) is 14.4 Å². The summed E-state index contributed by atoms with van der Waals surface area (Å²) in [6.07, 6.45) is 3.12. The summed E-state index contributed by atoms with van der Waals surface area (Å²) in [5.41, 5.74) is 9.84. The first kappa shape index (κ1) is 23.8. The minimum atomic E-state index is -0.281. The summed E-state index contributed by atoms with van der Waals surface area (Å²) in [6, 6.07) is 17.8. The fourth-order valence-corrected chi connectivity index (χ4v) is 3.41. The van der Waals surface area contributed by atoms with Gasteiger partial charge in [0.15, 0.2) is 0 Å². The number of amidine groups is 1. The van der Waals surface area contributed by atoms with Crippen LogP contribution in [0.25, 0.3) is 10.9 Å². The Morgan fingerprint density at radius 3 is 2.80 bits per heavy atom. The van der Waals surface area contributed by atoms with E-state index in [-0.39, 0.29) is 24.9 Å². The van der Waals surface area contributed by atoms with Crippen LogP contribution in [0.5, 0.6) is 5.75 Å². The van der Waals surface area contributed by atoms with E-state index in [1.54, 1.807) is 19.4 Å². The Bertz CT molecular complexity index is 1390. The molecule has 0 aliphatic heterocycles. The summed E-state index contributed by atoms with van der Waals surface area (Å²) >= 11 is 0. The Balaban J connectivity index is 1.51. The van der Waals surface area contributed by atoms with Crippen molar-refractivity contribution in [3.63, 3.8) is 0 Å². The molecule has 3 aromatic carbocycles. The maximum absolute atomic E-state index is 13.4. The maximum Gasteiger partial charge on any atom is 0.148 e. The van der Waals surface area contributed by atoms with Crippen LogP contribution in [-0.2, 0) is 11.3 Å². The van der Waals surface area contributed by atoms with Gasteiger partial charge in [0.05, 0.1) is 11.7 Å². The zero-order chi connectivity index (χ0) is 24.6. The van der Waals surface area contributed by atoms with Gasteiger partial charge in [0.25, 0.3) is 0 Å². The van der Waals surface area contributed by atoms with E-state index >= 15 is 0 Å². The number of halogens is 1. The molecule has 0 amide bonds. The van der Waals surface area contributed by atoms with Gasteiger partial charge >= 0.3 is 0 Å². The molecule has 1 aromatic heterocycles. The number of rotatable bonds is 9. The lowest BCUT2D eigenvalue weighted by molar-refractivity contribution is 0.244. The van der Waals surface area contributed by atoms with Crippen molar-refractivity contribution in [2.75, 3.05) is 19.0 Å². The van der Waals surface area contributed by atoms with Crippen LogP contribution in [0, 0.1) is 12.7 Å². The van der Waals surface area contributed by atoms with E-state index in [1.165, 1.54) is 18.5 Å². The first-order chi connectivity index (χ1) is 17.0. The van der Waals surface area contributed by atoms with E-state index in [4.69, 9.17) is 15.2 Å². The molecule has 1 heterocycles. The Morgan fingerprint density at radius 1 is 1.11 bits per heavy atom. The number of hydrogen-bond donors (Lipinski definition) is 2. The number of ether oxygens (including phenoxy) is 2. The number of methoxy groups -OCH3 is 1. The number of nitrogens with zero attached hydrogens (tertiary/aromatic N) is 4. The first-order valence-electron chi connectivity index (χ1n) is 10.9. The minimum Gasteiger partial charge on any atom is -0.489 e. The number of benzene rings is 3. The average molecular weight is 473 g/mol. The summed E-state index contributed by atoms with van der Waals surface area (Å²) in [7, 11) is 1.54. The normalized spacial score (nSPS) is 11.8. The molecule has 0 saturated carbocycles. The predicted octanol–water partition coefficient (Wildman–Crippen LogP) is 4.74. The number of anilines is 2. The van der Waals surface area contributed by atoms with Crippen LogP contribution in [-0.4, -0.2) is 35.7 Å². The van der Waals surface area contributed by atoms with Crippen molar-refractivity contribution in [3.8, 4) is 5.75 Å². The molecule has 0 bridgehead atoms. The van der Waals surface area contributed by atoms with Crippen molar-refractivity contribution in [3.05, 3.63) is 89.5 Å². The summed E-state index contributed by atoms with van der Waals surface area (Å²) in [5, 5.41) is 12.1. The van der Waals surface area contributed by atoms with E-state index in [0.29, 0.717) is 5.82 Å². The summed E-state index contributed by atoms with van der Waals surface area (Å²) < 4.78 is 24.2. The van der Waals surface area contributed by atoms with Gasteiger partial charge in [0, 0.05) is 18.2 Å². The second kappa shape index (κ2) is 11.2. The van der Waals surface area contributed by atoms with Crippen LogP contribution < -0.4 is 15.8 Å². The van der Waals surface area contributed by atoms with Crippen molar-refractivity contribution in [2.24, 2.45) is 15.9 Å². The van der Waals surface area contributed by atoms with Crippen LogP contribution in [0.4, 0.5) is 15.9 Å². The standard InChI is InChI=1S/C26H25FN6O2/c1-17-10-21(7-9-24(17)35-14-19-4-3-5-20(27)11-19)32-26-22-12-18(6-8-23(22)29-16-30-26)13-31-33-25(28)15-34-2/h3-13,16H,14-15H2,1-2H3,(H2,28,33)(H,29,30,32)/b31-13+. The molecule has 9 heteroatoms. The highest BCUT2D eigenvalue weighted by molar-refractivity contribution is 5.95. The smallest absolute Gasteiger partial charge is 0.148 e. The third kappa shape index (κ3) is 6.36. The lowest BCUT2D eigenvalue weighted by Gasteiger charge is -2.13. The molecule has 0 saturated heterocycles. The van der Waals surface area contributed by atoms with Crippen molar-refractivity contribution >= 4 is 34.5 Å². The lowest BCUT2D eigenvalue weighted by atomic mass is 10.1. The van der Waals surface area contributed by atoms with Crippen molar-refractivity contribution in [1.82, 2.24) is 9.97 Å². The van der Waals surface area contributed by atoms with Crippen LogP contribution in [0.2, 0.25) is 0 Å². The Morgan fingerprint density at radius 2 is 2.00 bits per heavy atom. The quantitative estimate of drug-likeness (QED) is 0.207. The van der Waals surface area contributed by atoms with Crippen molar-refractivity contribution in [2.45, 2.75) is 13.5 Å². The summed E-state index contributed by atoms with van der Waals surface area (Å²) in [4.78, 5) is 8.76. The van der Waals surface area contributed by atoms with Gasteiger partial charge in [-0.05, 0) is 66.1 Å². The number of fused-ring (bicyclic) bond motifs is 1. The molecule has 0 spiro atoms. The maximum atomic E-state index is 13.4. The first-order valence-corrected chi connectivity index (χ1v) is 10.9. The third-order valence-electron chi connectivity index (χ3n) is 5.07. The number of hydrogen-bond acceptors (Lipinski definition) is 7. The number of aryl methyl sites for hydroxylation is 1. The van der Waals surface area contributed by atoms with Crippen LogP contribution in [0.15, 0.2) is 77.2 Å². The SMILES string of the molecule is COCC(N)=N/N=C/c1ccc2ncnc(Nc3ccc(OCc4cccc(F)c4)c(C)c3)c2c1. The molecule has 0 radical (unpaired) electrons. The van der Waals surface area contributed by atoms with E-state index in [2.05, 4.69) is 25.5 Å². The van der Waals surface area contributed by atoms with E-state index < -0.39 is 0 Å². The lowest BCUT2D eigenvalue weighted by Crippen LogP contribution is -2.17. The Labute approximate surface area is 202 Å². The highest BCUT2D eigenvalue weighted by Gasteiger charge is 2.08. The van der Waals surface area contributed by atoms with Gasteiger partial charge in [-0.3, -0.25) is 0 Å². The molecule has 4 aromatic rings. The van der Waals surface area contributed by atoms with E-state index in [0.717, 1.165) is 39.0 Å². The molecular weight excluding hydrogens is 447 g/mol. The third-order valence-corrected chi connectivity index (χ3v) is 5.07. The molecular formula is C26H25FN6O2. The van der Waals surface area contributed by atoms with Gasteiger partial charge in [-0.2, -0.15) is 5.10 Å². The van der Waals surface area contributed by atoms with Crippen LogP contribution in [0.1, 0.15) is 16.7 Å². The topological polar surface area (TPSA) is 107 Å². The van der Waals surface area contributed by atoms with Crippen LogP contribution in [0.3, 0.4) is 0 Å². The highest BCUT2D eigenvalue weighted by Crippen LogP contribution is 2.27. The number of aromatic nitrogens is 2. The molecule has 3 N–H and O–H groups in total. The zero-order valence-electron chi connectivity index (χ0n) is 19.4.